The minimum atomic E-state index is 0.524. The number of nitrogens with zero attached hydrogens (tertiary/aromatic N) is 1. The highest BCUT2D eigenvalue weighted by Crippen LogP contribution is 2.28. The van der Waals surface area contributed by atoms with Gasteiger partial charge in [0.2, 0.25) is 0 Å². The van der Waals surface area contributed by atoms with Gasteiger partial charge in [-0.25, -0.2) is 0 Å². The van der Waals surface area contributed by atoms with Crippen LogP contribution < -0.4 is 10.2 Å². The summed E-state index contributed by atoms with van der Waals surface area (Å²) in [6, 6.07) is 7.09. The van der Waals surface area contributed by atoms with E-state index in [9.17, 15) is 0 Å². The Bertz CT molecular complexity index is 337. The van der Waals surface area contributed by atoms with Crippen molar-refractivity contribution in [2.75, 3.05) is 18.5 Å². The zero-order valence-corrected chi connectivity index (χ0v) is 12.1. The molecule has 0 aliphatic carbocycles. The summed E-state index contributed by atoms with van der Waals surface area (Å²) in [6.07, 6.45) is 0. The van der Waals surface area contributed by atoms with E-state index in [1.54, 1.807) is 0 Å². The van der Waals surface area contributed by atoms with Crippen LogP contribution in [-0.4, -0.2) is 19.6 Å². The quantitative estimate of drug-likeness (QED) is 0.892. The number of nitrogens with one attached hydrogen (secondary N) is 1. The summed E-state index contributed by atoms with van der Waals surface area (Å²) in [5, 5.41) is 3.16. The fraction of sp³-hybridized carbons (Fsp3) is 0.538. The average molecular weight is 285 g/mol. The lowest BCUT2D eigenvalue weighted by atomic mass is 10.1. The summed E-state index contributed by atoms with van der Waals surface area (Å²) in [7, 11) is 1.97. The highest BCUT2D eigenvalue weighted by molar-refractivity contribution is 9.10. The Morgan fingerprint density at radius 1 is 1.38 bits per heavy atom. The van der Waals surface area contributed by atoms with Crippen LogP contribution in [0.15, 0.2) is 22.7 Å². The zero-order valence-electron chi connectivity index (χ0n) is 10.5. The lowest BCUT2D eigenvalue weighted by Crippen LogP contribution is -2.30. The van der Waals surface area contributed by atoms with Crippen LogP contribution >= 0.6 is 15.9 Å². The van der Waals surface area contributed by atoms with Gasteiger partial charge >= 0.3 is 0 Å². The maximum absolute atomic E-state index is 3.66. The van der Waals surface area contributed by atoms with Crippen molar-refractivity contribution < 1.29 is 0 Å². The number of hydrogen-bond acceptors (Lipinski definition) is 2. The molecule has 1 aromatic rings. The van der Waals surface area contributed by atoms with Crippen molar-refractivity contribution in [3.63, 3.8) is 0 Å². The van der Waals surface area contributed by atoms with Gasteiger partial charge < -0.3 is 10.2 Å². The first-order valence-corrected chi connectivity index (χ1v) is 6.59. The first-order chi connectivity index (χ1) is 7.60. The van der Waals surface area contributed by atoms with Crippen molar-refractivity contribution in [1.29, 1.82) is 0 Å². The fourth-order valence-electron chi connectivity index (χ4n) is 1.91. The summed E-state index contributed by atoms with van der Waals surface area (Å²) in [5.41, 5.74) is 2.58. The third kappa shape index (κ3) is 3.22. The van der Waals surface area contributed by atoms with E-state index in [1.807, 2.05) is 7.05 Å². The normalized spacial score (nSPS) is 10.9. The van der Waals surface area contributed by atoms with Gasteiger partial charge in [-0.05, 0) is 61.4 Å². The predicted molar refractivity (Wildman–Crippen MR) is 75.1 cm³/mol. The standard InChI is InChI=1S/C13H21BrN2/c1-5-16(10(2)3)13-7-6-11(9-15-4)8-12(13)14/h6-8,10,15H,5,9H2,1-4H3. The molecule has 0 saturated carbocycles. The molecule has 0 bridgehead atoms. The lowest BCUT2D eigenvalue weighted by Gasteiger charge is -2.28. The van der Waals surface area contributed by atoms with Crippen molar-refractivity contribution in [2.24, 2.45) is 0 Å². The number of rotatable bonds is 5. The molecule has 0 amide bonds. The van der Waals surface area contributed by atoms with E-state index in [4.69, 9.17) is 0 Å². The molecule has 1 N–H and O–H groups in total. The summed E-state index contributed by atoms with van der Waals surface area (Å²) < 4.78 is 1.18. The molecule has 0 spiro atoms. The van der Waals surface area contributed by atoms with Gasteiger partial charge in [-0.1, -0.05) is 6.07 Å². The molecule has 0 aromatic heterocycles. The molecular weight excluding hydrogens is 264 g/mol. The Morgan fingerprint density at radius 2 is 2.06 bits per heavy atom. The van der Waals surface area contributed by atoms with Crippen LogP contribution in [0.4, 0.5) is 5.69 Å². The van der Waals surface area contributed by atoms with Crippen molar-refractivity contribution >= 4 is 21.6 Å². The van der Waals surface area contributed by atoms with Gasteiger partial charge in [-0.3, -0.25) is 0 Å². The smallest absolute Gasteiger partial charge is 0.0513 e. The molecule has 0 aliphatic heterocycles. The van der Waals surface area contributed by atoms with Gasteiger partial charge in [0.05, 0.1) is 5.69 Å². The van der Waals surface area contributed by atoms with Crippen LogP contribution in [-0.2, 0) is 6.54 Å². The fourth-order valence-corrected chi connectivity index (χ4v) is 2.57. The Hall–Kier alpha value is -0.540. The average Bonchev–Trinajstić information content (AvgIpc) is 2.22. The monoisotopic (exact) mass is 284 g/mol. The molecule has 0 unspecified atom stereocenters. The second-order valence-corrected chi connectivity index (χ2v) is 5.05. The first-order valence-electron chi connectivity index (χ1n) is 5.79. The van der Waals surface area contributed by atoms with Gasteiger partial charge in [0.25, 0.3) is 0 Å². The van der Waals surface area contributed by atoms with Crippen LogP contribution in [0, 0.1) is 0 Å². The van der Waals surface area contributed by atoms with E-state index in [1.165, 1.54) is 15.7 Å². The van der Waals surface area contributed by atoms with Crippen LogP contribution in [0.25, 0.3) is 0 Å². The Balaban J connectivity index is 2.97. The van der Waals surface area contributed by atoms with E-state index >= 15 is 0 Å². The molecule has 0 heterocycles. The van der Waals surface area contributed by atoms with Gasteiger partial charge in [0, 0.05) is 23.6 Å². The highest BCUT2D eigenvalue weighted by atomic mass is 79.9. The van der Waals surface area contributed by atoms with Crippen LogP contribution in [0.3, 0.4) is 0 Å². The number of halogens is 1. The number of hydrogen-bond donors (Lipinski definition) is 1. The van der Waals surface area contributed by atoms with Crippen molar-refractivity contribution in [2.45, 2.75) is 33.4 Å². The molecule has 0 atom stereocenters. The molecule has 1 rings (SSSR count). The summed E-state index contributed by atoms with van der Waals surface area (Å²) >= 11 is 3.66. The number of benzene rings is 1. The van der Waals surface area contributed by atoms with Crippen molar-refractivity contribution in [1.82, 2.24) is 5.32 Å². The minimum Gasteiger partial charge on any atom is -0.368 e. The van der Waals surface area contributed by atoms with Crippen LogP contribution in [0.5, 0.6) is 0 Å². The van der Waals surface area contributed by atoms with E-state index in [-0.39, 0.29) is 0 Å². The Labute approximate surface area is 107 Å². The molecular formula is C13H21BrN2. The summed E-state index contributed by atoms with van der Waals surface area (Å²) in [5.74, 6) is 0. The Morgan fingerprint density at radius 3 is 2.50 bits per heavy atom. The highest BCUT2D eigenvalue weighted by Gasteiger charge is 2.11. The van der Waals surface area contributed by atoms with E-state index in [0.717, 1.165) is 13.1 Å². The Kier molecular flexibility index (Phi) is 5.29. The van der Waals surface area contributed by atoms with Gasteiger partial charge in [-0.2, -0.15) is 0 Å². The van der Waals surface area contributed by atoms with Crippen LogP contribution in [0.2, 0.25) is 0 Å². The number of anilines is 1. The maximum atomic E-state index is 3.66. The molecule has 1 aromatic carbocycles. The molecule has 16 heavy (non-hydrogen) atoms. The predicted octanol–water partition coefficient (Wildman–Crippen LogP) is 3.40. The lowest BCUT2D eigenvalue weighted by molar-refractivity contribution is 0.702. The zero-order chi connectivity index (χ0) is 12.1. The van der Waals surface area contributed by atoms with Crippen LogP contribution in [0.1, 0.15) is 26.3 Å². The third-order valence-electron chi connectivity index (χ3n) is 2.67. The molecule has 2 nitrogen and oxygen atoms in total. The van der Waals surface area contributed by atoms with Gasteiger partial charge in [0.1, 0.15) is 0 Å². The topological polar surface area (TPSA) is 15.3 Å². The molecule has 0 saturated heterocycles. The van der Waals surface area contributed by atoms with E-state index in [0.29, 0.717) is 6.04 Å². The van der Waals surface area contributed by atoms with E-state index in [2.05, 4.69) is 65.1 Å². The van der Waals surface area contributed by atoms with Gasteiger partial charge in [0.15, 0.2) is 0 Å². The molecule has 90 valence electrons. The molecule has 0 radical (unpaired) electrons. The van der Waals surface area contributed by atoms with Gasteiger partial charge in [-0.15, -0.1) is 0 Å². The largest absolute Gasteiger partial charge is 0.368 e. The maximum Gasteiger partial charge on any atom is 0.0513 e. The second-order valence-electron chi connectivity index (χ2n) is 4.20. The first kappa shape index (κ1) is 13.5. The summed E-state index contributed by atoms with van der Waals surface area (Å²) in [4.78, 5) is 2.38. The van der Waals surface area contributed by atoms with Crippen molar-refractivity contribution in [3.8, 4) is 0 Å². The molecule has 3 heteroatoms. The molecule has 0 aliphatic rings. The SMILES string of the molecule is CCN(c1ccc(CNC)cc1Br)C(C)C. The molecule has 0 fully saturated rings. The minimum absolute atomic E-state index is 0.524. The second kappa shape index (κ2) is 6.26. The summed E-state index contributed by atoms with van der Waals surface area (Å²) in [6.45, 7) is 8.57. The van der Waals surface area contributed by atoms with Crippen molar-refractivity contribution in [3.05, 3.63) is 28.2 Å². The van der Waals surface area contributed by atoms with E-state index < -0.39 is 0 Å². The third-order valence-corrected chi connectivity index (χ3v) is 3.30.